The minimum absolute atomic E-state index is 0.156. The zero-order chi connectivity index (χ0) is 17.1. The topological polar surface area (TPSA) is 67.2 Å². The van der Waals surface area contributed by atoms with Gasteiger partial charge in [-0.15, -0.1) is 0 Å². The number of carbonyl (C=O) groups is 2. The van der Waals surface area contributed by atoms with E-state index in [4.69, 9.17) is 0 Å². The molecule has 23 heavy (non-hydrogen) atoms. The Bertz CT molecular complexity index is 722. The first-order valence-electron chi connectivity index (χ1n) is 7.14. The van der Waals surface area contributed by atoms with Crippen LogP contribution in [0, 0.1) is 6.92 Å². The van der Waals surface area contributed by atoms with Gasteiger partial charge < -0.3 is 10.2 Å². The summed E-state index contributed by atoms with van der Waals surface area (Å²) in [6, 6.07) is 7.05. The first-order chi connectivity index (χ1) is 10.8. The van der Waals surface area contributed by atoms with Crippen molar-refractivity contribution in [3.05, 3.63) is 46.2 Å². The molecule has 6 nitrogen and oxygen atoms in total. The summed E-state index contributed by atoms with van der Waals surface area (Å²) in [4.78, 5) is 25.6. The number of carbonyl (C=O) groups excluding carboxylic acids is 2. The second-order valence-corrected chi connectivity index (χ2v) is 6.38. The average Bonchev–Trinajstić information content (AvgIpc) is 2.88. The van der Waals surface area contributed by atoms with Crippen LogP contribution in [0.15, 0.2) is 34.9 Å². The maximum absolute atomic E-state index is 12.4. The monoisotopic (exact) mass is 378 g/mol. The summed E-state index contributed by atoms with van der Waals surface area (Å²) in [6.45, 7) is 3.48. The quantitative estimate of drug-likeness (QED) is 0.885. The Morgan fingerprint density at radius 3 is 2.43 bits per heavy atom. The molecule has 2 amide bonds. The van der Waals surface area contributed by atoms with Crippen LogP contribution in [-0.2, 0) is 4.79 Å². The predicted octanol–water partition coefficient (Wildman–Crippen LogP) is 2.15. The van der Waals surface area contributed by atoms with Gasteiger partial charge in [-0.25, -0.2) is 4.68 Å². The van der Waals surface area contributed by atoms with Crippen LogP contribution in [0.5, 0.6) is 0 Å². The summed E-state index contributed by atoms with van der Waals surface area (Å²) in [5, 5.41) is 6.97. The van der Waals surface area contributed by atoms with Crippen molar-refractivity contribution < 1.29 is 9.59 Å². The van der Waals surface area contributed by atoms with E-state index in [1.54, 1.807) is 25.7 Å². The lowest BCUT2D eigenvalue weighted by atomic mass is 10.2. The van der Waals surface area contributed by atoms with Gasteiger partial charge in [0.1, 0.15) is 6.04 Å². The molecule has 0 saturated heterocycles. The van der Waals surface area contributed by atoms with Gasteiger partial charge in [-0.2, -0.15) is 5.10 Å². The third kappa shape index (κ3) is 3.79. The van der Waals surface area contributed by atoms with E-state index in [1.807, 2.05) is 31.2 Å². The lowest BCUT2D eigenvalue weighted by Crippen LogP contribution is -2.44. The summed E-state index contributed by atoms with van der Waals surface area (Å²) in [5.74, 6) is -0.468. The van der Waals surface area contributed by atoms with Crippen LogP contribution < -0.4 is 5.32 Å². The van der Waals surface area contributed by atoms with E-state index in [-0.39, 0.29) is 11.8 Å². The normalized spacial score (nSPS) is 11.9. The molecule has 1 atom stereocenters. The number of aromatic nitrogens is 2. The zero-order valence-corrected chi connectivity index (χ0v) is 15.1. The molecule has 0 aliphatic heterocycles. The number of nitrogens with one attached hydrogen (secondary N) is 1. The van der Waals surface area contributed by atoms with Gasteiger partial charge in [-0.05, 0) is 38.1 Å². The highest BCUT2D eigenvalue weighted by molar-refractivity contribution is 9.10. The van der Waals surface area contributed by atoms with Gasteiger partial charge in [0.15, 0.2) is 0 Å². The van der Waals surface area contributed by atoms with E-state index >= 15 is 0 Å². The van der Waals surface area contributed by atoms with E-state index in [1.165, 1.54) is 11.1 Å². The fraction of sp³-hybridized carbons (Fsp3) is 0.312. The largest absolute Gasteiger partial charge is 0.347 e. The Labute approximate surface area is 143 Å². The first-order valence-corrected chi connectivity index (χ1v) is 7.93. The number of likely N-dealkylation sites (N-methyl/N-ethyl adjacent to an activating group) is 1. The van der Waals surface area contributed by atoms with Gasteiger partial charge in [0, 0.05) is 18.6 Å². The number of hydrogen-bond donors (Lipinski definition) is 1. The number of nitrogens with zero attached hydrogens (tertiary/aromatic N) is 3. The number of hydrogen-bond acceptors (Lipinski definition) is 3. The van der Waals surface area contributed by atoms with Crippen LogP contribution in [0.1, 0.15) is 23.0 Å². The number of rotatable bonds is 4. The third-order valence-corrected chi connectivity index (χ3v) is 4.01. The van der Waals surface area contributed by atoms with E-state index < -0.39 is 6.04 Å². The van der Waals surface area contributed by atoms with Crippen LogP contribution in [0.4, 0.5) is 0 Å². The molecule has 0 bridgehead atoms. The average molecular weight is 379 g/mol. The van der Waals surface area contributed by atoms with Gasteiger partial charge >= 0.3 is 0 Å². The van der Waals surface area contributed by atoms with Crippen LogP contribution in [0.3, 0.4) is 0 Å². The maximum atomic E-state index is 12.4. The molecule has 0 aliphatic carbocycles. The minimum Gasteiger partial charge on any atom is -0.347 e. The van der Waals surface area contributed by atoms with Crippen molar-refractivity contribution in [3.63, 3.8) is 0 Å². The van der Waals surface area contributed by atoms with Crippen molar-refractivity contribution in [3.8, 4) is 5.69 Å². The van der Waals surface area contributed by atoms with Gasteiger partial charge in [-0.3, -0.25) is 9.59 Å². The van der Waals surface area contributed by atoms with Crippen molar-refractivity contribution in [2.24, 2.45) is 0 Å². The lowest BCUT2D eigenvalue weighted by Gasteiger charge is -2.17. The predicted molar refractivity (Wildman–Crippen MR) is 91.6 cm³/mol. The van der Waals surface area contributed by atoms with E-state index in [0.717, 1.165) is 10.2 Å². The molecule has 7 heteroatoms. The van der Waals surface area contributed by atoms with Crippen molar-refractivity contribution in [1.82, 2.24) is 20.0 Å². The van der Waals surface area contributed by atoms with Gasteiger partial charge in [0.05, 0.1) is 23.1 Å². The molecule has 1 N–H and O–H groups in total. The van der Waals surface area contributed by atoms with Crippen LogP contribution in [-0.4, -0.2) is 46.6 Å². The van der Waals surface area contributed by atoms with Gasteiger partial charge in [0.2, 0.25) is 5.91 Å². The summed E-state index contributed by atoms with van der Waals surface area (Å²) in [7, 11) is 3.31. The standard InChI is InChI=1S/C16H19BrN4O2/c1-10(16(23)20(3)4)19-15(22)14-9-18-21(11(14)2)13-7-5-12(17)6-8-13/h5-10H,1-4H3,(H,19,22)/t10-/m0/s1. The van der Waals surface area contributed by atoms with Gasteiger partial charge in [0.25, 0.3) is 5.91 Å². The van der Waals surface area contributed by atoms with Crippen molar-refractivity contribution in [2.75, 3.05) is 14.1 Å². The summed E-state index contributed by atoms with van der Waals surface area (Å²) < 4.78 is 2.67. The molecule has 122 valence electrons. The lowest BCUT2D eigenvalue weighted by molar-refractivity contribution is -0.130. The Kier molecular flexibility index (Phi) is 5.20. The SMILES string of the molecule is Cc1c(C(=O)N[C@@H](C)C(=O)N(C)C)cnn1-c1ccc(Br)cc1. The van der Waals surface area contributed by atoms with Gasteiger partial charge in [-0.1, -0.05) is 15.9 Å². The number of benzene rings is 1. The molecule has 0 fully saturated rings. The molecule has 0 saturated carbocycles. The third-order valence-electron chi connectivity index (χ3n) is 3.48. The molecule has 1 heterocycles. The fourth-order valence-corrected chi connectivity index (χ4v) is 2.46. The van der Waals surface area contributed by atoms with Crippen LogP contribution in [0.2, 0.25) is 0 Å². The van der Waals surface area contributed by atoms with Crippen molar-refractivity contribution in [1.29, 1.82) is 0 Å². The molecule has 1 aromatic carbocycles. The highest BCUT2D eigenvalue weighted by Crippen LogP contribution is 2.17. The molecule has 1 aromatic heterocycles. The Balaban J connectivity index is 2.20. The molecule has 0 aliphatic rings. The van der Waals surface area contributed by atoms with E-state index in [0.29, 0.717) is 11.3 Å². The summed E-state index contributed by atoms with van der Waals surface area (Å²) in [5.41, 5.74) is 2.03. The Morgan fingerprint density at radius 2 is 1.87 bits per heavy atom. The minimum atomic E-state index is -0.590. The van der Waals surface area contributed by atoms with E-state index in [2.05, 4.69) is 26.3 Å². The smallest absolute Gasteiger partial charge is 0.255 e. The molecule has 2 rings (SSSR count). The van der Waals surface area contributed by atoms with Crippen LogP contribution in [0.25, 0.3) is 5.69 Å². The Morgan fingerprint density at radius 1 is 1.26 bits per heavy atom. The van der Waals surface area contributed by atoms with Crippen molar-refractivity contribution in [2.45, 2.75) is 19.9 Å². The highest BCUT2D eigenvalue weighted by Gasteiger charge is 2.21. The number of amides is 2. The number of halogens is 1. The van der Waals surface area contributed by atoms with Crippen molar-refractivity contribution >= 4 is 27.7 Å². The van der Waals surface area contributed by atoms with Crippen LogP contribution >= 0.6 is 15.9 Å². The second kappa shape index (κ2) is 6.95. The molecular formula is C16H19BrN4O2. The molecule has 0 spiro atoms. The molecule has 2 aromatic rings. The maximum Gasteiger partial charge on any atom is 0.255 e. The first kappa shape index (κ1) is 17.2. The zero-order valence-electron chi connectivity index (χ0n) is 13.5. The highest BCUT2D eigenvalue weighted by atomic mass is 79.9. The van der Waals surface area contributed by atoms with E-state index in [9.17, 15) is 9.59 Å². The molecular weight excluding hydrogens is 360 g/mol. The molecule has 0 radical (unpaired) electrons. The Hall–Kier alpha value is -2.15. The fourth-order valence-electron chi connectivity index (χ4n) is 2.20. The summed E-state index contributed by atoms with van der Waals surface area (Å²) in [6.07, 6.45) is 1.51. The second-order valence-electron chi connectivity index (χ2n) is 5.46. The summed E-state index contributed by atoms with van der Waals surface area (Å²) >= 11 is 3.39. The molecule has 0 unspecified atom stereocenters.